The standard InChI is InChI=1S/C29H30Cl2N2O4/c1-29(2,3)21-10-8-19(9-11-21)23(28(37)33-22-12-13-24(30)25(31)17-22)16-18-4-6-20(7-5-18)27(36)32-15-14-26(34)35/h4-13,17,23H,14-16H2,1-3H3,(H,32,36)(H,33,37)(H,34,35). The summed E-state index contributed by atoms with van der Waals surface area (Å²) >= 11 is 12.1. The number of nitrogens with one attached hydrogen (secondary N) is 2. The van der Waals surface area contributed by atoms with E-state index in [2.05, 4.69) is 31.4 Å². The largest absolute Gasteiger partial charge is 0.481 e. The van der Waals surface area contributed by atoms with Crippen LogP contribution in [0.25, 0.3) is 0 Å². The zero-order valence-corrected chi connectivity index (χ0v) is 22.5. The van der Waals surface area contributed by atoms with Crippen LogP contribution in [0.1, 0.15) is 60.2 Å². The first-order valence-electron chi connectivity index (χ1n) is 11.9. The number of rotatable bonds is 9. The van der Waals surface area contributed by atoms with Gasteiger partial charge < -0.3 is 15.7 Å². The maximum Gasteiger partial charge on any atom is 0.305 e. The number of carboxylic acids is 1. The Hall–Kier alpha value is -3.35. The van der Waals surface area contributed by atoms with E-state index in [-0.39, 0.29) is 30.2 Å². The topological polar surface area (TPSA) is 95.5 Å². The summed E-state index contributed by atoms with van der Waals surface area (Å²) in [6.45, 7) is 6.46. The highest BCUT2D eigenvalue weighted by atomic mass is 35.5. The maximum absolute atomic E-state index is 13.4. The van der Waals surface area contributed by atoms with Gasteiger partial charge in [-0.25, -0.2) is 0 Å². The van der Waals surface area contributed by atoms with Crippen LogP contribution in [0.5, 0.6) is 0 Å². The number of hydrogen-bond donors (Lipinski definition) is 3. The van der Waals surface area contributed by atoms with Crippen LogP contribution in [0.4, 0.5) is 5.69 Å². The van der Waals surface area contributed by atoms with Gasteiger partial charge in [-0.1, -0.05) is 80.4 Å². The molecule has 0 spiro atoms. The van der Waals surface area contributed by atoms with Gasteiger partial charge in [-0.2, -0.15) is 0 Å². The molecule has 37 heavy (non-hydrogen) atoms. The zero-order valence-electron chi connectivity index (χ0n) is 21.0. The second-order valence-corrected chi connectivity index (χ2v) is 10.7. The number of aliphatic carboxylic acids is 1. The number of hydrogen-bond acceptors (Lipinski definition) is 3. The van der Waals surface area contributed by atoms with Crippen LogP contribution in [-0.4, -0.2) is 29.4 Å². The number of halogens is 2. The van der Waals surface area contributed by atoms with Crippen molar-refractivity contribution in [3.8, 4) is 0 Å². The van der Waals surface area contributed by atoms with Gasteiger partial charge in [0.2, 0.25) is 5.91 Å². The van der Waals surface area contributed by atoms with E-state index >= 15 is 0 Å². The third-order valence-electron chi connectivity index (χ3n) is 5.96. The fraction of sp³-hybridized carbons (Fsp3) is 0.276. The third kappa shape index (κ3) is 8.07. The molecule has 0 saturated carbocycles. The quantitative estimate of drug-likeness (QED) is 0.290. The van der Waals surface area contributed by atoms with Gasteiger partial charge in [0.25, 0.3) is 5.91 Å². The summed E-state index contributed by atoms with van der Waals surface area (Å²) in [5.41, 5.74) is 3.84. The van der Waals surface area contributed by atoms with Crippen molar-refractivity contribution in [2.24, 2.45) is 0 Å². The molecule has 0 bridgehead atoms. The molecule has 0 aliphatic carbocycles. The van der Waals surface area contributed by atoms with E-state index in [9.17, 15) is 14.4 Å². The number of carbonyl (C=O) groups is 3. The summed E-state index contributed by atoms with van der Waals surface area (Å²) < 4.78 is 0. The van der Waals surface area contributed by atoms with Gasteiger partial charge in [0.15, 0.2) is 0 Å². The van der Waals surface area contributed by atoms with E-state index in [1.165, 1.54) is 0 Å². The third-order valence-corrected chi connectivity index (χ3v) is 6.70. The predicted molar refractivity (Wildman–Crippen MR) is 148 cm³/mol. The molecule has 3 rings (SSSR count). The van der Waals surface area contributed by atoms with Crippen molar-refractivity contribution >= 4 is 46.7 Å². The molecule has 2 amide bonds. The van der Waals surface area contributed by atoms with Crippen LogP contribution in [0.15, 0.2) is 66.7 Å². The molecule has 8 heteroatoms. The average molecular weight is 541 g/mol. The minimum Gasteiger partial charge on any atom is -0.481 e. The monoisotopic (exact) mass is 540 g/mol. The van der Waals surface area contributed by atoms with Crippen LogP contribution in [0, 0.1) is 0 Å². The SMILES string of the molecule is CC(C)(C)c1ccc(C(Cc2ccc(C(=O)NCCC(=O)O)cc2)C(=O)Nc2ccc(Cl)c(Cl)c2)cc1. The predicted octanol–water partition coefficient (Wildman–Crippen LogP) is 6.46. The molecule has 0 aliphatic rings. The van der Waals surface area contributed by atoms with Crippen LogP contribution in [0.3, 0.4) is 0 Å². The summed E-state index contributed by atoms with van der Waals surface area (Å²) in [5.74, 6) is -2.02. The fourth-order valence-electron chi connectivity index (χ4n) is 3.79. The van der Waals surface area contributed by atoms with Crippen LogP contribution in [0.2, 0.25) is 10.0 Å². The van der Waals surface area contributed by atoms with Crippen molar-refractivity contribution in [3.63, 3.8) is 0 Å². The smallest absolute Gasteiger partial charge is 0.305 e. The summed E-state index contributed by atoms with van der Waals surface area (Å²) in [7, 11) is 0. The van der Waals surface area contributed by atoms with Crippen LogP contribution < -0.4 is 10.6 Å². The first-order chi connectivity index (χ1) is 17.4. The van der Waals surface area contributed by atoms with Crippen molar-refractivity contribution < 1.29 is 19.5 Å². The second-order valence-electron chi connectivity index (χ2n) is 9.84. The zero-order chi connectivity index (χ0) is 27.2. The lowest BCUT2D eigenvalue weighted by molar-refractivity contribution is -0.136. The molecule has 6 nitrogen and oxygen atoms in total. The molecule has 3 aromatic rings. The molecular formula is C29H30Cl2N2O4. The van der Waals surface area contributed by atoms with Crippen molar-refractivity contribution in [2.45, 2.75) is 44.9 Å². The Bertz CT molecular complexity index is 1270. The van der Waals surface area contributed by atoms with Gasteiger partial charge in [0, 0.05) is 17.8 Å². The Kier molecular flexibility index (Phi) is 9.35. The highest BCUT2D eigenvalue weighted by Gasteiger charge is 2.23. The van der Waals surface area contributed by atoms with Crippen molar-refractivity contribution in [1.29, 1.82) is 0 Å². The molecular weight excluding hydrogens is 511 g/mol. The number of carbonyl (C=O) groups excluding carboxylic acids is 2. The Labute approximate surface area is 227 Å². The molecule has 3 N–H and O–H groups in total. The van der Waals surface area contributed by atoms with E-state index in [4.69, 9.17) is 28.3 Å². The van der Waals surface area contributed by atoms with Crippen molar-refractivity contribution in [2.75, 3.05) is 11.9 Å². The summed E-state index contributed by atoms with van der Waals surface area (Å²) in [5, 5.41) is 15.0. The summed E-state index contributed by atoms with van der Waals surface area (Å²) in [6, 6.07) is 19.9. The number of benzene rings is 3. The van der Waals surface area contributed by atoms with Gasteiger partial charge >= 0.3 is 5.97 Å². The second kappa shape index (κ2) is 12.3. The maximum atomic E-state index is 13.4. The normalized spacial score (nSPS) is 12.0. The Morgan fingerprint density at radius 3 is 2.11 bits per heavy atom. The lowest BCUT2D eigenvalue weighted by Gasteiger charge is -2.22. The molecule has 1 atom stereocenters. The van der Waals surface area contributed by atoms with Gasteiger partial charge in [-0.3, -0.25) is 14.4 Å². The molecule has 194 valence electrons. The highest BCUT2D eigenvalue weighted by molar-refractivity contribution is 6.42. The first-order valence-corrected chi connectivity index (χ1v) is 12.6. The van der Waals surface area contributed by atoms with E-state index in [0.29, 0.717) is 27.7 Å². The lowest BCUT2D eigenvalue weighted by Crippen LogP contribution is -2.26. The molecule has 0 fully saturated rings. The first kappa shape index (κ1) is 28.2. The van der Waals surface area contributed by atoms with Gasteiger partial charge in [0.1, 0.15) is 0 Å². The van der Waals surface area contributed by atoms with E-state index < -0.39 is 11.9 Å². The molecule has 0 saturated heterocycles. The Balaban J connectivity index is 1.82. The molecule has 0 aliphatic heterocycles. The Morgan fingerprint density at radius 1 is 0.892 bits per heavy atom. The number of carboxylic acid groups (broad SMARTS) is 1. The average Bonchev–Trinajstić information content (AvgIpc) is 2.84. The highest BCUT2D eigenvalue weighted by Crippen LogP contribution is 2.29. The van der Waals surface area contributed by atoms with Gasteiger partial charge in [-0.15, -0.1) is 0 Å². The Morgan fingerprint density at radius 2 is 1.54 bits per heavy atom. The van der Waals surface area contributed by atoms with Gasteiger partial charge in [0.05, 0.1) is 22.4 Å². The minimum atomic E-state index is -0.976. The molecule has 3 aromatic carbocycles. The minimum absolute atomic E-state index is 0.0167. The molecule has 0 radical (unpaired) electrons. The van der Waals surface area contributed by atoms with E-state index in [0.717, 1.165) is 16.7 Å². The fourth-order valence-corrected chi connectivity index (χ4v) is 4.09. The molecule has 0 heterocycles. The molecule has 0 aromatic heterocycles. The van der Waals surface area contributed by atoms with E-state index in [1.54, 1.807) is 42.5 Å². The van der Waals surface area contributed by atoms with Crippen molar-refractivity contribution in [3.05, 3.63) is 99.0 Å². The number of amides is 2. The van der Waals surface area contributed by atoms with Crippen LogP contribution in [-0.2, 0) is 21.4 Å². The lowest BCUT2D eigenvalue weighted by atomic mass is 9.84. The van der Waals surface area contributed by atoms with Gasteiger partial charge in [-0.05, 0) is 58.9 Å². The van der Waals surface area contributed by atoms with E-state index in [1.807, 2.05) is 24.3 Å². The summed E-state index contributed by atoms with van der Waals surface area (Å²) in [6.07, 6.45) is 0.260. The number of anilines is 1. The van der Waals surface area contributed by atoms with Crippen LogP contribution >= 0.6 is 23.2 Å². The summed E-state index contributed by atoms with van der Waals surface area (Å²) in [4.78, 5) is 36.4. The van der Waals surface area contributed by atoms with Crippen molar-refractivity contribution in [1.82, 2.24) is 5.32 Å². The molecule has 1 unspecified atom stereocenters.